The molecule has 0 bridgehead atoms. The van der Waals surface area contributed by atoms with E-state index in [1.807, 2.05) is 18.2 Å². The Morgan fingerprint density at radius 3 is 3.12 bits per heavy atom. The van der Waals surface area contributed by atoms with Gasteiger partial charge in [0.05, 0.1) is 25.6 Å². The van der Waals surface area contributed by atoms with Gasteiger partial charge >= 0.3 is 0 Å². The van der Waals surface area contributed by atoms with Crippen LogP contribution in [0.15, 0.2) is 35.0 Å². The van der Waals surface area contributed by atoms with Gasteiger partial charge in [-0.1, -0.05) is 0 Å². The predicted molar refractivity (Wildman–Crippen MR) is 72.4 cm³/mol. The van der Waals surface area contributed by atoms with Crippen molar-refractivity contribution in [1.82, 2.24) is 0 Å². The van der Waals surface area contributed by atoms with E-state index in [0.717, 1.165) is 35.3 Å². The monoisotopic (exact) mass is 297 g/mol. The minimum atomic E-state index is 0.248. The molecular formula is C13H16BrNO2. The van der Waals surface area contributed by atoms with E-state index in [1.54, 1.807) is 13.4 Å². The maximum atomic E-state index is 5.51. The summed E-state index contributed by atoms with van der Waals surface area (Å²) in [6.07, 6.45) is 6.24. The molecule has 1 heterocycles. The second kappa shape index (κ2) is 5.96. The Labute approximate surface area is 110 Å². The number of halogens is 1. The van der Waals surface area contributed by atoms with Gasteiger partial charge < -0.3 is 14.8 Å². The maximum absolute atomic E-state index is 5.51. The Bertz CT molecular complexity index is 406. The van der Waals surface area contributed by atoms with Gasteiger partial charge in [0.1, 0.15) is 11.9 Å². The summed E-state index contributed by atoms with van der Waals surface area (Å²) < 4.78 is 11.7. The minimum Gasteiger partial charge on any atom is -0.497 e. The molecule has 1 atom stereocenters. The Kier molecular flexibility index (Phi) is 4.31. The molecular weight excluding hydrogens is 282 g/mol. The summed E-state index contributed by atoms with van der Waals surface area (Å²) >= 11 is 3.51. The lowest BCUT2D eigenvalue weighted by Gasteiger charge is -2.20. The van der Waals surface area contributed by atoms with Crippen LogP contribution in [0.25, 0.3) is 0 Å². The molecule has 92 valence electrons. The van der Waals surface area contributed by atoms with Gasteiger partial charge in [-0.25, -0.2) is 0 Å². The molecule has 0 radical (unpaired) electrons. The van der Waals surface area contributed by atoms with Gasteiger partial charge in [0, 0.05) is 10.5 Å². The molecule has 1 N–H and O–H groups in total. The molecule has 1 aromatic carbocycles. The first-order valence-electron chi connectivity index (χ1n) is 5.67. The molecule has 3 nitrogen and oxygen atoms in total. The molecule has 0 aromatic heterocycles. The normalized spacial score (nSPS) is 18.6. The van der Waals surface area contributed by atoms with E-state index < -0.39 is 0 Å². The van der Waals surface area contributed by atoms with Crippen molar-refractivity contribution in [2.24, 2.45) is 0 Å². The predicted octanol–water partition coefficient (Wildman–Crippen LogP) is 3.56. The Morgan fingerprint density at radius 1 is 1.53 bits per heavy atom. The van der Waals surface area contributed by atoms with Crippen LogP contribution in [-0.2, 0) is 4.74 Å². The third kappa shape index (κ3) is 3.40. The summed E-state index contributed by atoms with van der Waals surface area (Å²) in [6.45, 7) is 0.802. The summed E-state index contributed by atoms with van der Waals surface area (Å²) in [4.78, 5) is 0. The smallest absolute Gasteiger partial charge is 0.121 e. The lowest BCUT2D eigenvalue weighted by molar-refractivity contribution is 0.135. The van der Waals surface area contributed by atoms with Gasteiger partial charge in [0.25, 0.3) is 0 Å². The van der Waals surface area contributed by atoms with E-state index in [2.05, 4.69) is 27.3 Å². The van der Waals surface area contributed by atoms with Gasteiger partial charge in [-0.15, -0.1) is 0 Å². The number of hydrogen-bond donors (Lipinski definition) is 1. The van der Waals surface area contributed by atoms with Crippen LogP contribution in [0, 0.1) is 0 Å². The van der Waals surface area contributed by atoms with Gasteiger partial charge in [-0.2, -0.15) is 0 Å². The molecule has 0 fully saturated rings. The SMILES string of the molecule is COc1ccc(Br)c(NCC2CCC=CO2)c1. The first-order valence-corrected chi connectivity index (χ1v) is 6.47. The zero-order chi connectivity index (χ0) is 12.1. The molecule has 0 saturated carbocycles. The van der Waals surface area contributed by atoms with E-state index in [-0.39, 0.29) is 6.10 Å². The lowest BCUT2D eigenvalue weighted by atomic mass is 10.1. The molecule has 1 aliphatic heterocycles. The molecule has 0 spiro atoms. The topological polar surface area (TPSA) is 30.5 Å². The van der Waals surface area contributed by atoms with Crippen molar-refractivity contribution in [3.63, 3.8) is 0 Å². The quantitative estimate of drug-likeness (QED) is 0.922. The molecule has 1 aliphatic rings. The van der Waals surface area contributed by atoms with Gasteiger partial charge in [-0.3, -0.25) is 0 Å². The highest BCUT2D eigenvalue weighted by molar-refractivity contribution is 9.10. The van der Waals surface area contributed by atoms with Gasteiger partial charge in [0.2, 0.25) is 0 Å². The third-order valence-electron chi connectivity index (χ3n) is 2.72. The molecule has 1 aromatic rings. The van der Waals surface area contributed by atoms with Crippen LogP contribution in [-0.4, -0.2) is 19.8 Å². The third-order valence-corrected chi connectivity index (χ3v) is 3.41. The second-order valence-electron chi connectivity index (χ2n) is 3.93. The van der Waals surface area contributed by atoms with Gasteiger partial charge in [0.15, 0.2) is 0 Å². The number of nitrogens with one attached hydrogen (secondary N) is 1. The van der Waals surface area contributed by atoms with Crippen LogP contribution in [0.2, 0.25) is 0 Å². The van der Waals surface area contributed by atoms with E-state index >= 15 is 0 Å². The summed E-state index contributed by atoms with van der Waals surface area (Å²) in [5.41, 5.74) is 1.03. The summed E-state index contributed by atoms with van der Waals surface area (Å²) in [7, 11) is 1.67. The number of allylic oxidation sites excluding steroid dienone is 1. The number of rotatable bonds is 4. The van der Waals surface area contributed by atoms with Crippen molar-refractivity contribution in [1.29, 1.82) is 0 Å². The van der Waals surface area contributed by atoms with Crippen molar-refractivity contribution in [3.05, 3.63) is 35.0 Å². The fourth-order valence-corrected chi connectivity index (χ4v) is 2.11. The Hall–Kier alpha value is -1.16. The summed E-state index contributed by atoms with van der Waals surface area (Å²) in [6, 6.07) is 5.88. The van der Waals surface area contributed by atoms with Crippen LogP contribution in [0.4, 0.5) is 5.69 Å². The standard InChI is InChI=1S/C13H16BrNO2/c1-16-10-5-6-12(14)13(8-10)15-9-11-4-2-3-7-17-11/h3,5-8,11,15H,2,4,9H2,1H3. The van der Waals surface area contributed by atoms with Crippen LogP contribution >= 0.6 is 15.9 Å². The highest BCUT2D eigenvalue weighted by atomic mass is 79.9. The molecule has 4 heteroatoms. The van der Waals surface area contributed by atoms with Gasteiger partial charge in [-0.05, 0) is 47.0 Å². The first kappa shape index (κ1) is 12.3. The largest absolute Gasteiger partial charge is 0.497 e. The molecule has 0 saturated heterocycles. The Morgan fingerprint density at radius 2 is 2.41 bits per heavy atom. The number of anilines is 1. The van der Waals surface area contributed by atoms with Crippen molar-refractivity contribution in [2.75, 3.05) is 19.0 Å². The van der Waals surface area contributed by atoms with Crippen molar-refractivity contribution in [2.45, 2.75) is 18.9 Å². The van der Waals surface area contributed by atoms with E-state index in [9.17, 15) is 0 Å². The van der Waals surface area contributed by atoms with Crippen molar-refractivity contribution in [3.8, 4) is 5.75 Å². The average molecular weight is 298 g/mol. The number of methoxy groups -OCH3 is 1. The maximum Gasteiger partial charge on any atom is 0.121 e. The van der Waals surface area contributed by atoms with Crippen LogP contribution < -0.4 is 10.1 Å². The summed E-state index contributed by atoms with van der Waals surface area (Å²) in [5.74, 6) is 0.847. The highest BCUT2D eigenvalue weighted by Crippen LogP contribution is 2.27. The van der Waals surface area contributed by atoms with Crippen molar-refractivity contribution < 1.29 is 9.47 Å². The average Bonchev–Trinajstić information content (AvgIpc) is 2.39. The second-order valence-corrected chi connectivity index (χ2v) is 4.79. The van der Waals surface area contributed by atoms with E-state index in [4.69, 9.17) is 9.47 Å². The number of hydrogen-bond acceptors (Lipinski definition) is 3. The highest BCUT2D eigenvalue weighted by Gasteiger charge is 2.11. The molecule has 2 rings (SSSR count). The number of benzene rings is 1. The lowest BCUT2D eigenvalue weighted by Crippen LogP contribution is -2.23. The zero-order valence-corrected chi connectivity index (χ0v) is 11.4. The summed E-state index contributed by atoms with van der Waals surface area (Å²) in [5, 5.41) is 3.37. The minimum absolute atomic E-state index is 0.248. The van der Waals surface area contributed by atoms with Crippen molar-refractivity contribution >= 4 is 21.6 Å². The molecule has 17 heavy (non-hydrogen) atoms. The van der Waals surface area contributed by atoms with Crippen LogP contribution in [0.5, 0.6) is 5.75 Å². The Balaban J connectivity index is 1.95. The molecule has 0 aliphatic carbocycles. The van der Waals surface area contributed by atoms with Crippen LogP contribution in [0.1, 0.15) is 12.8 Å². The fourth-order valence-electron chi connectivity index (χ4n) is 1.73. The fraction of sp³-hybridized carbons (Fsp3) is 0.385. The molecule has 0 amide bonds. The first-order chi connectivity index (χ1) is 8.29. The molecule has 1 unspecified atom stereocenters. The zero-order valence-electron chi connectivity index (χ0n) is 9.78. The van der Waals surface area contributed by atoms with Crippen LogP contribution in [0.3, 0.4) is 0 Å². The number of ether oxygens (including phenoxy) is 2. The van der Waals surface area contributed by atoms with E-state index in [1.165, 1.54) is 0 Å². The van der Waals surface area contributed by atoms with E-state index in [0.29, 0.717) is 0 Å².